The van der Waals surface area contributed by atoms with Crippen LogP contribution in [0.15, 0.2) is 42.6 Å². The maximum absolute atomic E-state index is 14.1. The van der Waals surface area contributed by atoms with Crippen LogP contribution < -0.4 is 5.32 Å². The van der Waals surface area contributed by atoms with Gasteiger partial charge in [0.25, 0.3) is 0 Å². The van der Waals surface area contributed by atoms with Crippen molar-refractivity contribution in [2.75, 3.05) is 25.5 Å². The summed E-state index contributed by atoms with van der Waals surface area (Å²) < 4.78 is 42.4. The van der Waals surface area contributed by atoms with E-state index in [1.807, 2.05) is 12.1 Å². The second-order valence-electron chi connectivity index (χ2n) is 10.4. The molecular weight excluding hydrogens is 469 g/mol. The minimum atomic E-state index is -4.68. The summed E-state index contributed by atoms with van der Waals surface area (Å²) in [6.07, 6.45) is -1.75. The molecule has 2 aromatic rings. The molecular formula is C27H33F3N4O2. The summed E-state index contributed by atoms with van der Waals surface area (Å²) in [5, 5.41) is 3.44. The fourth-order valence-corrected chi connectivity index (χ4v) is 5.52. The van der Waals surface area contributed by atoms with Crippen molar-refractivity contribution < 1.29 is 22.8 Å². The summed E-state index contributed by atoms with van der Waals surface area (Å²) in [6.45, 7) is 6.50. The average Bonchev–Trinajstić information content (AvgIpc) is 3.08. The lowest BCUT2D eigenvalue weighted by molar-refractivity contribution is -0.191. The number of piperidine rings is 1. The predicted octanol–water partition coefficient (Wildman–Crippen LogP) is 4.72. The summed E-state index contributed by atoms with van der Waals surface area (Å²) in [4.78, 5) is 31.0. The van der Waals surface area contributed by atoms with Gasteiger partial charge < -0.3 is 15.1 Å². The van der Waals surface area contributed by atoms with Crippen molar-refractivity contribution in [2.24, 2.45) is 5.92 Å². The van der Waals surface area contributed by atoms with Gasteiger partial charge in [-0.2, -0.15) is 13.2 Å². The van der Waals surface area contributed by atoms with E-state index in [1.54, 1.807) is 11.0 Å². The minimum absolute atomic E-state index is 0.0751. The van der Waals surface area contributed by atoms with Gasteiger partial charge in [0.05, 0.1) is 17.6 Å². The zero-order valence-electron chi connectivity index (χ0n) is 21.1. The summed E-state index contributed by atoms with van der Waals surface area (Å²) >= 11 is 0. The highest BCUT2D eigenvalue weighted by Gasteiger charge is 2.47. The maximum atomic E-state index is 14.1. The van der Waals surface area contributed by atoms with E-state index in [2.05, 4.69) is 36.3 Å². The van der Waals surface area contributed by atoms with Gasteiger partial charge in [0.15, 0.2) is 6.04 Å². The van der Waals surface area contributed by atoms with E-state index < -0.39 is 24.0 Å². The Bertz CT molecular complexity index is 1110. The Hall–Kier alpha value is -3.10. The average molecular weight is 503 g/mol. The SMILES string of the molecule is CC(=O)N1CCC(C(=O)N(C)[C@@H](c2ccc(NC3Cc4ccccc4C3(C)C)cn2)C(F)(F)F)CC1. The lowest BCUT2D eigenvalue weighted by atomic mass is 9.83. The van der Waals surface area contributed by atoms with Crippen LogP contribution in [0.5, 0.6) is 0 Å². The lowest BCUT2D eigenvalue weighted by Gasteiger charge is -2.36. The van der Waals surface area contributed by atoms with Gasteiger partial charge in [-0.15, -0.1) is 0 Å². The molecule has 2 heterocycles. The predicted molar refractivity (Wildman–Crippen MR) is 131 cm³/mol. The van der Waals surface area contributed by atoms with Crippen molar-refractivity contribution in [3.63, 3.8) is 0 Å². The number of nitrogens with one attached hydrogen (secondary N) is 1. The molecule has 1 aliphatic carbocycles. The quantitative estimate of drug-likeness (QED) is 0.643. The Labute approximate surface area is 209 Å². The molecule has 1 aromatic carbocycles. The van der Waals surface area contributed by atoms with Crippen molar-refractivity contribution >= 4 is 17.5 Å². The molecule has 0 saturated carbocycles. The van der Waals surface area contributed by atoms with E-state index in [4.69, 9.17) is 0 Å². The van der Waals surface area contributed by atoms with E-state index in [0.717, 1.165) is 11.3 Å². The molecule has 1 fully saturated rings. The zero-order chi connectivity index (χ0) is 26.3. The van der Waals surface area contributed by atoms with Gasteiger partial charge >= 0.3 is 6.18 Å². The highest BCUT2D eigenvalue weighted by Crippen LogP contribution is 2.41. The fourth-order valence-electron chi connectivity index (χ4n) is 5.52. The van der Waals surface area contributed by atoms with E-state index in [1.165, 1.54) is 37.4 Å². The number of rotatable bonds is 5. The molecule has 4 rings (SSSR count). The minimum Gasteiger partial charge on any atom is -0.380 e. The Balaban J connectivity index is 1.47. The summed E-state index contributed by atoms with van der Waals surface area (Å²) in [5.41, 5.74) is 2.79. The first kappa shape index (κ1) is 26.0. The standard InChI is InChI=1S/C27H33F3N4O2/c1-17(35)34-13-11-18(12-14-34)25(36)33(4)24(27(28,29)30)22-10-9-20(16-31-22)32-23-15-19-7-5-6-8-21(19)26(23,2)3/h5-10,16,18,23-24,32H,11-15H2,1-4H3/t23?,24-/m0/s1. The van der Waals surface area contributed by atoms with Crippen LogP contribution in [-0.2, 0) is 21.4 Å². The first-order valence-electron chi connectivity index (χ1n) is 12.3. The van der Waals surface area contributed by atoms with Gasteiger partial charge in [0.2, 0.25) is 11.8 Å². The molecule has 6 nitrogen and oxygen atoms in total. The van der Waals surface area contributed by atoms with Crippen LogP contribution in [0.1, 0.15) is 56.5 Å². The molecule has 1 unspecified atom stereocenters. The third kappa shape index (κ3) is 5.06. The van der Waals surface area contributed by atoms with Crippen LogP contribution in [0.2, 0.25) is 0 Å². The Morgan fingerprint density at radius 3 is 2.36 bits per heavy atom. The van der Waals surface area contributed by atoms with Crippen LogP contribution in [0, 0.1) is 5.92 Å². The third-order valence-electron chi connectivity index (χ3n) is 7.75. The molecule has 9 heteroatoms. The molecule has 2 atom stereocenters. The van der Waals surface area contributed by atoms with Crippen LogP contribution in [0.25, 0.3) is 0 Å². The molecule has 2 aliphatic rings. The van der Waals surface area contributed by atoms with E-state index in [9.17, 15) is 22.8 Å². The normalized spacial score (nSPS) is 20.5. The van der Waals surface area contributed by atoms with Gasteiger partial charge in [0.1, 0.15) is 0 Å². The van der Waals surface area contributed by atoms with Gasteiger partial charge in [0, 0.05) is 44.4 Å². The number of hydrogen-bond donors (Lipinski definition) is 1. The third-order valence-corrected chi connectivity index (χ3v) is 7.75. The Morgan fingerprint density at radius 1 is 1.14 bits per heavy atom. The summed E-state index contributed by atoms with van der Waals surface area (Å²) in [6, 6.07) is 9.12. The Morgan fingerprint density at radius 2 is 1.81 bits per heavy atom. The highest BCUT2D eigenvalue weighted by molar-refractivity contribution is 5.80. The monoisotopic (exact) mass is 502 g/mol. The first-order chi connectivity index (χ1) is 16.9. The van der Waals surface area contributed by atoms with Crippen molar-refractivity contribution in [1.29, 1.82) is 0 Å². The molecule has 0 bridgehead atoms. The number of halogens is 3. The lowest BCUT2D eigenvalue weighted by Crippen LogP contribution is -2.46. The van der Waals surface area contributed by atoms with Crippen LogP contribution >= 0.6 is 0 Å². The van der Waals surface area contributed by atoms with Gasteiger partial charge in [-0.05, 0) is 42.5 Å². The van der Waals surface area contributed by atoms with Crippen molar-refractivity contribution in [2.45, 2.75) is 63.7 Å². The van der Waals surface area contributed by atoms with E-state index >= 15 is 0 Å². The summed E-state index contributed by atoms with van der Waals surface area (Å²) in [5.74, 6) is -1.22. The first-order valence-corrected chi connectivity index (χ1v) is 12.3. The smallest absolute Gasteiger partial charge is 0.380 e. The molecule has 1 saturated heterocycles. The molecule has 36 heavy (non-hydrogen) atoms. The van der Waals surface area contributed by atoms with Gasteiger partial charge in [-0.1, -0.05) is 38.1 Å². The molecule has 1 N–H and O–H groups in total. The second-order valence-corrected chi connectivity index (χ2v) is 10.4. The van der Waals surface area contributed by atoms with Crippen molar-refractivity contribution in [3.05, 3.63) is 59.4 Å². The van der Waals surface area contributed by atoms with E-state index in [-0.39, 0.29) is 23.1 Å². The largest absolute Gasteiger partial charge is 0.414 e. The summed E-state index contributed by atoms with van der Waals surface area (Å²) in [7, 11) is 1.18. The Kier molecular flexibility index (Phi) is 7.03. The van der Waals surface area contributed by atoms with Gasteiger partial charge in [-0.25, -0.2) is 0 Å². The van der Waals surface area contributed by atoms with Crippen molar-refractivity contribution in [1.82, 2.24) is 14.8 Å². The second kappa shape index (κ2) is 9.75. The van der Waals surface area contributed by atoms with Crippen LogP contribution in [0.4, 0.5) is 18.9 Å². The molecule has 1 aliphatic heterocycles. The fraction of sp³-hybridized carbons (Fsp3) is 0.519. The molecule has 2 amide bonds. The van der Waals surface area contributed by atoms with Crippen molar-refractivity contribution in [3.8, 4) is 0 Å². The number of likely N-dealkylation sites (tertiary alicyclic amines) is 1. The number of pyridine rings is 1. The molecule has 0 radical (unpaired) electrons. The van der Waals surface area contributed by atoms with E-state index in [0.29, 0.717) is 31.6 Å². The number of benzene rings is 1. The number of amides is 2. The number of anilines is 1. The van der Waals surface area contributed by atoms with Crippen LogP contribution in [-0.4, -0.2) is 59.0 Å². The number of fused-ring (bicyclic) bond motifs is 1. The van der Waals surface area contributed by atoms with Crippen LogP contribution in [0.3, 0.4) is 0 Å². The number of aromatic nitrogens is 1. The molecule has 194 valence electrons. The molecule has 1 aromatic heterocycles. The number of alkyl halides is 3. The maximum Gasteiger partial charge on any atom is 0.414 e. The van der Waals surface area contributed by atoms with Gasteiger partial charge in [-0.3, -0.25) is 14.6 Å². The number of carbonyl (C=O) groups excluding carboxylic acids is 2. The molecule has 0 spiro atoms. The zero-order valence-corrected chi connectivity index (χ0v) is 21.1. The number of nitrogens with zero attached hydrogens (tertiary/aromatic N) is 3. The topological polar surface area (TPSA) is 65.5 Å². The number of carbonyl (C=O) groups is 2. The highest BCUT2D eigenvalue weighted by atomic mass is 19.4. The number of hydrogen-bond acceptors (Lipinski definition) is 4.